The highest BCUT2D eigenvalue weighted by Gasteiger charge is 2.37. The first-order chi connectivity index (χ1) is 6.71. The van der Waals surface area contributed by atoms with Gasteiger partial charge in [0.2, 0.25) is 0 Å². The number of rotatable bonds is 3. The van der Waals surface area contributed by atoms with Gasteiger partial charge in [0, 0.05) is 0 Å². The topological polar surface area (TPSA) is 18.5 Å². The van der Waals surface area contributed by atoms with Gasteiger partial charge in [0.15, 0.2) is 0 Å². The summed E-state index contributed by atoms with van der Waals surface area (Å²) < 4.78 is 10.7. The number of hydrogen-bond donors (Lipinski definition) is 0. The molecule has 1 heterocycles. The smallest absolute Gasteiger partial charge is 0.131 e. The average Bonchev–Trinajstić information content (AvgIpc) is 2.96. The number of hydrogen-bond acceptors (Lipinski definition) is 3. The van der Waals surface area contributed by atoms with Crippen LogP contribution in [0.1, 0.15) is 0 Å². The summed E-state index contributed by atoms with van der Waals surface area (Å²) >= 11 is 5.62. The molecule has 0 atom stereocenters. The maximum atomic E-state index is 5.62. The molecule has 14 heavy (non-hydrogen) atoms. The summed E-state index contributed by atoms with van der Waals surface area (Å²) in [6.45, 7) is 0. The van der Waals surface area contributed by atoms with Crippen LogP contribution < -0.4 is 14.8 Å². The molecule has 2 rings (SSSR count). The zero-order valence-corrected chi connectivity index (χ0v) is 10.0. The summed E-state index contributed by atoms with van der Waals surface area (Å²) in [6.07, 6.45) is 2.30. The maximum Gasteiger partial charge on any atom is 0.131 e. The van der Waals surface area contributed by atoms with Crippen molar-refractivity contribution >= 4 is 23.1 Å². The Hall–Kier alpha value is -0.530. The van der Waals surface area contributed by atoms with Crippen molar-refractivity contribution in [3.05, 3.63) is 18.2 Å². The van der Waals surface area contributed by atoms with Gasteiger partial charge in [-0.2, -0.15) is 0 Å². The molecule has 0 aliphatic carbocycles. The Morgan fingerprint density at radius 1 is 1.14 bits per heavy atom. The van der Waals surface area contributed by atoms with Crippen LogP contribution in [0.4, 0.5) is 0 Å². The second kappa shape index (κ2) is 3.56. The Labute approximate surface area is 89.2 Å². The molecule has 1 fully saturated rings. The lowest BCUT2D eigenvalue weighted by Gasteiger charge is -2.13. The minimum absolute atomic E-state index is 0.894. The third kappa shape index (κ3) is 1.55. The van der Waals surface area contributed by atoms with Gasteiger partial charge in [-0.3, -0.25) is 0 Å². The Morgan fingerprint density at radius 3 is 2.00 bits per heavy atom. The molecule has 2 nitrogen and oxygen atoms in total. The lowest BCUT2D eigenvalue weighted by atomic mass is 10.3. The molecule has 0 saturated carbocycles. The molecular weight excluding hydrogens is 215 g/mol. The predicted molar refractivity (Wildman–Crippen MR) is 63.2 cm³/mol. The van der Waals surface area contributed by atoms with Crippen molar-refractivity contribution in [3.63, 3.8) is 0 Å². The second-order valence-corrected chi connectivity index (χ2v) is 8.56. The fourth-order valence-electron chi connectivity index (χ4n) is 1.55. The Morgan fingerprint density at radius 2 is 1.64 bits per heavy atom. The van der Waals surface area contributed by atoms with E-state index in [1.807, 2.05) is 18.2 Å². The van der Waals surface area contributed by atoms with E-state index in [9.17, 15) is 0 Å². The van der Waals surface area contributed by atoms with Gasteiger partial charge < -0.3 is 9.47 Å². The van der Waals surface area contributed by atoms with Gasteiger partial charge in [-0.1, -0.05) is 17.9 Å². The molecule has 76 valence electrons. The molecule has 0 aromatic heterocycles. The molecule has 0 radical (unpaired) electrons. The maximum absolute atomic E-state index is 5.62. The van der Waals surface area contributed by atoms with Gasteiger partial charge in [-0.05, 0) is 30.5 Å². The van der Waals surface area contributed by atoms with Crippen molar-refractivity contribution in [2.45, 2.75) is 0 Å². The number of methoxy groups -OCH3 is 2. The van der Waals surface area contributed by atoms with E-state index in [2.05, 4.69) is 0 Å². The van der Waals surface area contributed by atoms with Crippen LogP contribution in [0.5, 0.6) is 11.5 Å². The molecular formula is C10H13O2PS. The van der Waals surface area contributed by atoms with E-state index in [4.69, 9.17) is 21.3 Å². The normalized spacial score (nSPS) is 17.6. The van der Waals surface area contributed by atoms with E-state index in [-0.39, 0.29) is 0 Å². The van der Waals surface area contributed by atoms with E-state index in [0.29, 0.717) is 0 Å². The minimum atomic E-state index is -1.29. The van der Waals surface area contributed by atoms with Gasteiger partial charge in [0.1, 0.15) is 11.5 Å². The van der Waals surface area contributed by atoms with Gasteiger partial charge in [-0.25, -0.2) is 0 Å². The monoisotopic (exact) mass is 228 g/mol. The van der Waals surface area contributed by atoms with E-state index in [1.54, 1.807) is 14.2 Å². The zero-order chi connectivity index (χ0) is 10.2. The van der Waals surface area contributed by atoms with Crippen molar-refractivity contribution in [2.24, 2.45) is 0 Å². The van der Waals surface area contributed by atoms with Crippen LogP contribution in [0.2, 0.25) is 0 Å². The molecule has 0 bridgehead atoms. The SMILES string of the molecule is COc1cccc(OC)c1P1(=S)CC1. The number of benzene rings is 1. The molecule has 0 unspecified atom stereocenters. The van der Waals surface area contributed by atoms with E-state index >= 15 is 0 Å². The Bertz CT molecular complexity index is 373. The van der Waals surface area contributed by atoms with Crippen LogP contribution in [-0.4, -0.2) is 26.5 Å². The minimum Gasteiger partial charge on any atom is -0.496 e. The second-order valence-electron chi connectivity index (χ2n) is 3.35. The third-order valence-electron chi connectivity index (χ3n) is 2.44. The first-order valence-corrected chi connectivity index (χ1v) is 7.68. The van der Waals surface area contributed by atoms with Crippen LogP contribution in [0.25, 0.3) is 0 Å². The van der Waals surface area contributed by atoms with E-state index in [0.717, 1.165) is 29.1 Å². The highest BCUT2D eigenvalue weighted by molar-refractivity contribution is 8.22. The standard InChI is InChI=1S/C10H13O2PS/c1-11-8-4-3-5-9(12-2)10(8)13(14)6-7-13/h3-5H,6-7H2,1-2H3. The molecule has 1 aliphatic rings. The number of ether oxygens (including phenoxy) is 2. The predicted octanol–water partition coefficient (Wildman–Crippen LogP) is 1.82. The Balaban J connectivity index is 2.58. The molecule has 1 aromatic rings. The molecule has 1 aliphatic heterocycles. The molecule has 1 saturated heterocycles. The molecule has 4 heteroatoms. The van der Waals surface area contributed by atoms with Crippen LogP contribution in [0.3, 0.4) is 0 Å². The van der Waals surface area contributed by atoms with Gasteiger partial charge in [0.25, 0.3) is 0 Å². The first kappa shape index (κ1) is 10.0. The van der Waals surface area contributed by atoms with E-state index < -0.39 is 6.04 Å². The lowest BCUT2D eigenvalue weighted by molar-refractivity contribution is 0.401. The summed E-state index contributed by atoms with van der Waals surface area (Å²) in [5.74, 6) is 1.79. The highest BCUT2D eigenvalue weighted by Crippen LogP contribution is 2.62. The lowest BCUT2D eigenvalue weighted by Crippen LogP contribution is -2.07. The van der Waals surface area contributed by atoms with E-state index in [1.165, 1.54) is 0 Å². The van der Waals surface area contributed by atoms with Crippen molar-refractivity contribution in [1.82, 2.24) is 0 Å². The quantitative estimate of drug-likeness (QED) is 0.735. The summed E-state index contributed by atoms with van der Waals surface area (Å²) in [4.78, 5) is 0. The average molecular weight is 228 g/mol. The van der Waals surface area contributed by atoms with Crippen LogP contribution in [-0.2, 0) is 11.8 Å². The highest BCUT2D eigenvalue weighted by atomic mass is 32.4. The van der Waals surface area contributed by atoms with Gasteiger partial charge >= 0.3 is 0 Å². The van der Waals surface area contributed by atoms with Gasteiger partial charge in [-0.15, -0.1) is 0 Å². The van der Waals surface area contributed by atoms with Crippen molar-refractivity contribution in [2.75, 3.05) is 26.5 Å². The van der Waals surface area contributed by atoms with Crippen LogP contribution >= 0.6 is 6.04 Å². The zero-order valence-electron chi connectivity index (χ0n) is 8.32. The summed E-state index contributed by atoms with van der Waals surface area (Å²) in [7, 11) is 3.37. The largest absolute Gasteiger partial charge is 0.496 e. The van der Waals surface area contributed by atoms with Crippen LogP contribution in [0, 0.1) is 0 Å². The fraction of sp³-hybridized carbons (Fsp3) is 0.400. The molecule has 0 N–H and O–H groups in total. The van der Waals surface area contributed by atoms with Crippen LogP contribution in [0.15, 0.2) is 18.2 Å². The summed E-state index contributed by atoms with van der Waals surface area (Å²) in [6, 6.07) is 4.57. The fourth-order valence-corrected chi connectivity index (χ4v) is 5.13. The van der Waals surface area contributed by atoms with Gasteiger partial charge in [0.05, 0.1) is 19.5 Å². The molecule has 0 spiro atoms. The molecule has 1 aromatic carbocycles. The summed E-state index contributed by atoms with van der Waals surface area (Å²) in [5, 5.41) is 1.15. The van der Waals surface area contributed by atoms with Crippen molar-refractivity contribution < 1.29 is 9.47 Å². The Kier molecular flexibility index (Phi) is 2.54. The van der Waals surface area contributed by atoms with Crippen molar-refractivity contribution in [3.8, 4) is 11.5 Å². The third-order valence-corrected chi connectivity index (χ3v) is 6.60. The first-order valence-electron chi connectivity index (χ1n) is 4.51. The van der Waals surface area contributed by atoms with Crippen molar-refractivity contribution in [1.29, 1.82) is 0 Å². The summed E-state index contributed by atoms with van der Waals surface area (Å²) in [5.41, 5.74) is 0. The molecule has 0 amide bonds.